The van der Waals surface area contributed by atoms with Crippen LogP contribution in [0.5, 0.6) is 11.5 Å². The summed E-state index contributed by atoms with van der Waals surface area (Å²) < 4.78 is 11.6. The van der Waals surface area contributed by atoms with Crippen LogP contribution in [0.25, 0.3) is 0 Å². The van der Waals surface area contributed by atoms with Crippen molar-refractivity contribution >= 4 is 11.9 Å². The van der Waals surface area contributed by atoms with Gasteiger partial charge in [0.05, 0.1) is 12.1 Å². The van der Waals surface area contributed by atoms with Crippen molar-refractivity contribution < 1.29 is 24.2 Å². The number of carbonyl (C=O) groups excluding carboxylic acids is 1. The fourth-order valence-corrected chi connectivity index (χ4v) is 3.03. The molecule has 0 spiro atoms. The molecule has 0 radical (unpaired) electrons. The Balaban J connectivity index is 1.53. The molecule has 27 heavy (non-hydrogen) atoms. The molecular formula is C21H23NO5. The van der Waals surface area contributed by atoms with E-state index in [1.54, 1.807) is 29.2 Å². The smallest absolute Gasteiger partial charge is 0.335 e. The van der Waals surface area contributed by atoms with Gasteiger partial charge in [-0.3, -0.25) is 4.79 Å². The van der Waals surface area contributed by atoms with Crippen molar-refractivity contribution in [3.05, 3.63) is 59.7 Å². The van der Waals surface area contributed by atoms with E-state index >= 15 is 0 Å². The predicted molar refractivity (Wildman–Crippen MR) is 100 cm³/mol. The minimum atomic E-state index is -0.953. The van der Waals surface area contributed by atoms with E-state index in [1.807, 2.05) is 31.2 Å². The monoisotopic (exact) mass is 369 g/mol. The Bertz CT molecular complexity index is 802. The van der Waals surface area contributed by atoms with Crippen molar-refractivity contribution in [3.63, 3.8) is 0 Å². The highest BCUT2D eigenvalue weighted by atomic mass is 16.6. The number of carbonyl (C=O) groups is 2. The summed E-state index contributed by atoms with van der Waals surface area (Å²) in [5, 5.41) is 8.93. The van der Waals surface area contributed by atoms with E-state index in [4.69, 9.17) is 14.6 Å². The van der Waals surface area contributed by atoms with Crippen molar-refractivity contribution in [3.8, 4) is 11.5 Å². The molecule has 2 aromatic carbocycles. The lowest BCUT2D eigenvalue weighted by Crippen LogP contribution is -2.43. The number of hydrogen-bond acceptors (Lipinski definition) is 4. The SMILES string of the molecule is CCN(CC1COc2ccccc2O1)C(=O)CCc1ccc(C(=O)O)cc1. The molecule has 1 aliphatic heterocycles. The van der Waals surface area contributed by atoms with E-state index in [2.05, 4.69) is 0 Å². The molecule has 3 rings (SSSR count). The van der Waals surface area contributed by atoms with E-state index < -0.39 is 5.97 Å². The van der Waals surface area contributed by atoms with Crippen molar-refractivity contribution in [1.82, 2.24) is 4.90 Å². The quantitative estimate of drug-likeness (QED) is 0.812. The topological polar surface area (TPSA) is 76.1 Å². The fourth-order valence-electron chi connectivity index (χ4n) is 3.03. The number of para-hydroxylation sites is 2. The number of aromatic carboxylic acids is 1. The van der Waals surface area contributed by atoms with E-state index in [9.17, 15) is 9.59 Å². The molecular weight excluding hydrogens is 346 g/mol. The van der Waals surface area contributed by atoms with Crippen LogP contribution in [0.15, 0.2) is 48.5 Å². The van der Waals surface area contributed by atoms with E-state index in [1.165, 1.54) is 0 Å². The van der Waals surface area contributed by atoms with Crippen molar-refractivity contribution in [2.45, 2.75) is 25.9 Å². The van der Waals surface area contributed by atoms with Gasteiger partial charge < -0.3 is 19.5 Å². The number of benzene rings is 2. The molecule has 2 aromatic rings. The van der Waals surface area contributed by atoms with Gasteiger partial charge in [-0.15, -0.1) is 0 Å². The Morgan fingerprint density at radius 1 is 1.11 bits per heavy atom. The van der Waals surface area contributed by atoms with Gasteiger partial charge in [-0.05, 0) is 43.2 Å². The molecule has 0 aromatic heterocycles. The summed E-state index contributed by atoms with van der Waals surface area (Å²) in [6.07, 6.45) is 0.739. The minimum Gasteiger partial charge on any atom is -0.486 e. The summed E-state index contributed by atoms with van der Waals surface area (Å²) in [5.41, 5.74) is 1.19. The second-order valence-corrected chi connectivity index (χ2v) is 6.43. The van der Waals surface area contributed by atoms with Crippen LogP contribution in [0.3, 0.4) is 0 Å². The number of carboxylic acids is 1. The Kier molecular flexibility index (Phi) is 5.96. The van der Waals surface area contributed by atoms with Crippen LogP contribution in [0.4, 0.5) is 0 Å². The normalized spacial score (nSPS) is 15.2. The third-order valence-corrected chi connectivity index (χ3v) is 4.55. The van der Waals surface area contributed by atoms with Crippen LogP contribution in [0, 0.1) is 0 Å². The zero-order valence-corrected chi connectivity index (χ0v) is 15.3. The van der Waals surface area contributed by atoms with E-state index in [0.717, 1.165) is 11.3 Å². The van der Waals surface area contributed by atoms with Crippen LogP contribution < -0.4 is 9.47 Å². The summed E-state index contributed by atoms with van der Waals surface area (Å²) in [5.74, 6) is 0.525. The van der Waals surface area contributed by atoms with Gasteiger partial charge in [0.2, 0.25) is 5.91 Å². The Labute approximate surface area is 158 Å². The molecule has 0 fully saturated rings. The number of aryl methyl sites for hydroxylation is 1. The number of fused-ring (bicyclic) bond motifs is 1. The minimum absolute atomic E-state index is 0.0438. The first-order valence-electron chi connectivity index (χ1n) is 9.05. The standard InChI is InChI=1S/C21H23NO5/c1-2-22(13-17-14-26-18-5-3-4-6-19(18)27-17)20(23)12-9-15-7-10-16(11-8-15)21(24)25/h3-8,10-11,17H,2,9,12-14H2,1H3,(H,24,25). The summed E-state index contributed by atoms with van der Waals surface area (Å²) in [4.78, 5) is 25.2. The lowest BCUT2D eigenvalue weighted by atomic mass is 10.1. The Hall–Kier alpha value is -3.02. The van der Waals surface area contributed by atoms with Crippen LogP contribution >= 0.6 is 0 Å². The van der Waals surface area contributed by atoms with Gasteiger partial charge in [-0.1, -0.05) is 24.3 Å². The van der Waals surface area contributed by atoms with Crippen molar-refractivity contribution in [2.24, 2.45) is 0 Å². The number of nitrogens with zero attached hydrogens (tertiary/aromatic N) is 1. The third kappa shape index (κ3) is 4.78. The largest absolute Gasteiger partial charge is 0.486 e. The maximum absolute atomic E-state index is 12.6. The molecule has 0 bridgehead atoms. The summed E-state index contributed by atoms with van der Waals surface area (Å²) in [6.45, 7) is 3.43. The van der Waals surface area contributed by atoms with Gasteiger partial charge in [0, 0.05) is 13.0 Å². The highest BCUT2D eigenvalue weighted by molar-refractivity contribution is 5.87. The molecule has 6 heteroatoms. The molecule has 1 unspecified atom stereocenters. The van der Waals surface area contributed by atoms with Gasteiger partial charge in [0.25, 0.3) is 0 Å². The lowest BCUT2D eigenvalue weighted by Gasteiger charge is -2.31. The first kappa shape index (κ1) is 18.8. The molecule has 1 aliphatic rings. The Morgan fingerprint density at radius 3 is 2.48 bits per heavy atom. The van der Waals surface area contributed by atoms with Gasteiger partial charge in [0.15, 0.2) is 17.6 Å². The third-order valence-electron chi connectivity index (χ3n) is 4.55. The summed E-state index contributed by atoms with van der Waals surface area (Å²) >= 11 is 0. The molecule has 6 nitrogen and oxygen atoms in total. The van der Waals surface area contributed by atoms with Gasteiger partial charge in [-0.2, -0.15) is 0 Å². The second kappa shape index (κ2) is 8.58. The number of rotatable bonds is 7. The van der Waals surface area contributed by atoms with Crippen molar-refractivity contribution in [1.29, 1.82) is 0 Å². The molecule has 1 N–H and O–H groups in total. The summed E-state index contributed by atoms with van der Waals surface area (Å²) in [7, 11) is 0. The average Bonchev–Trinajstić information content (AvgIpc) is 2.70. The van der Waals surface area contributed by atoms with Crippen LogP contribution in [-0.4, -0.2) is 47.7 Å². The van der Waals surface area contributed by atoms with E-state index in [-0.39, 0.29) is 17.6 Å². The van der Waals surface area contributed by atoms with E-state index in [0.29, 0.717) is 38.3 Å². The fraction of sp³-hybridized carbons (Fsp3) is 0.333. The maximum Gasteiger partial charge on any atom is 0.335 e. The molecule has 1 amide bonds. The first-order valence-corrected chi connectivity index (χ1v) is 9.05. The highest BCUT2D eigenvalue weighted by Crippen LogP contribution is 2.31. The average molecular weight is 369 g/mol. The van der Waals surface area contributed by atoms with Crippen LogP contribution in [-0.2, 0) is 11.2 Å². The number of hydrogen-bond donors (Lipinski definition) is 1. The van der Waals surface area contributed by atoms with Crippen LogP contribution in [0.1, 0.15) is 29.3 Å². The summed E-state index contributed by atoms with van der Waals surface area (Å²) in [6, 6.07) is 14.1. The lowest BCUT2D eigenvalue weighted by molar-refractivity contribution is -0.132. The molecule has 142 valence electrons. The number of likely N-dealkylation sites (N-methyl/N-ethyl adjacent to an activating group) is 1. The molecule has 0 saturated heterocycles. The second-order valence-electron chi connectivity index (χ2n) is 6.43. The predicted octanol–water partition coefficient (Wildman–Crippen LogP) is 3.01. The molecule has 1 atom stereocenters. The van der Waals surface area contributed by atoms with Gasteiger partial charge in [-0.25, -0.2) is 4.79 Å². The maximum atomic E-state index is 12.6. The number of ether oxygens (including phenoxy) is 2. The number of carboxylic acid groups (broad SMARTS) is 1. The first-order chi connectivity index (χ1) is 13.1. The molecule has 0 aliphatic carbocycles. The Morgan fingerprint density at radius 2 is 1.81 bits per heavy atom. The van der Waals surface area contributed by atoms with Gasteiger partial charge in [0.1, 0.15) is 6.61 Å². The highest BCUT2D eigenvalue weighted by Gasteiger charge is 2.24. The van der Waals surface area contributed by atoms with Crippen LogP contribution in [0.2, 0.25) is 0 Å². The van der Waals surface area contributed by atoms with Crippen molar-refractivity contribution in [2.75, 3.05) is 19.7 Å². The molecule has 0 saturated carbocycles. The number of amides is 1. The van der Waals surface area contributed by atoms with Gasteiger partial charge >= 0.3 is 5.97 Å². The molecule has 1 heterocycles. The zero-order chi connectivity index (χ0) is 19.2. The zero-order valence-electron chi connectivity index (χ0n) is 15.3.